The SMILES string of the molecule is CCCCCCCCCCCCCCCCCC(=O)O[C@H](COC(=O)CCCCCCCCCCCCCC)COP(=O)(O)OC[C@@H](O)COP(=O)(O)OC[C@@H](COC(=O)CCCCCCCCCC)OC(=O)CCCCCCCCC(C)CC. The third kappa shape index (κ3) is 59.5. The van der Waals surface area contributed by atoms with Gasteiger partial charge in [-0.25, -0.2) is 9.13 Å². The number of hydrogen-bond donors (Lipinski definition) is 3. The van der Waals surface area contributed by atoms with E-state index in [1.165, 1.54) is 154 Å². The Labute approximate surface area is 517 Å². The molecule has 0 heterocycles. The maximum Gasteiger partial charge on any atom is 0.472 e. The second-order valence-corrected chi connectivity index (χ2v) is 27.0. The summed E-state index contributed by atoms with van der Waals surface area (Å²) in [5.41, 5.74) is 0. The lowest BCUT2D eigenvalue weighted by Gasteiger charge is -2.21. The van der Waals surface area contributed by atoms with Crippen LogP contribution in [-0.2, 0) is 65.4 Å². The molecule has 0 rings (SSSR count). The van der Waals surface area contributed by atoms with Gasteiger partial charge in [0.15, 0.2) is 12.2 Å². The zero-order chi connectivity index (χ0) is 62.8. The van der Waals surface area contributed by atoms with Gasteiger partial charge in [-0.3, -0.25) is 37.3 Å². The van der Waals surface area contributed by atoms with Crippen LogP contribution in [0.15, 0.2) is 0 Å². The molecule has 0 saturated heterocycles. The minimum atomic E-state index is -4.95. The predicted molar refractivity (Wildman–Crippen MR) is 340 cm³/mol. The van der Waals surface area contributed by atoms with E-state index in [2.05, 4.69) is 34.6 Å². The number of carbonyl (C=O) groups is 4. The molecule has 0 aliphatic rings. The third-order valence-electron chi connectivity index (χ3n) is 15.6. The fourth-order valence-electron chi connectivity index (χ4n) is 9.90. The smallest absolute Gasteiger partial charge is 0.462 e. The molecule has 0 aliphatic carbocycles. The van der Waals surface area contributed by atoms with Gasteiger partial charge in [-0.05, 0) is 31.6 Å². The molecule has 6 atom stereocenters. The lowest BCUT2D eigenvalue weighted by molar-refractivity contribution is -0.161. The van der Waals surface area contributed by atoms with Crippen LogP contribution in [0.5, 0.6) is 0 Å². The van der Waals surface area contributed by atoms with Crippen molar-refractivity contribution in [3.8, 4) is 0 Å². The number of phosphoric acid groups is 2. The van der Waals surface area contributed by atoms with Crippen molar-refractivity contribution in [2.75, 3.05) is 39.6 Å². The van der Waals surface area contributed by atoms with Crippen molar-refractivity contribution >= 4 is 39.5 Å². The molecule has 0 fully saturated rings. The van der Waals surface area contributed by atoms with E-state index >= 15 is 0 Å². The lowest BCUT2D eigenvalue weighted by Crippen LogP contribution is -2.30. The average molecular weight is 1260 g/mol. The Hall–Kier alpha value is -1.94. The van der Waals surface area contributed by atoms with E-state index in [1.807, 2.05) is 0 Å². The van der Waals surface area contributed by atoms with Crippen molar-refractivity contribution in [2.24, 2.45) is 5.92 Å². The summed E-state index contributed by atoms with van der Waals surface area (Å²) in [7, 11) is -9.89. The van der Waals surface area contributed by atoms with Crippen molar-refractivity contribution in [2.45, 2.75) is 355 Å². The van der Waals surface area contributed by atoms with Gasteiger partial charge >= 0.3 is 39.5 Å². The molecule has 0 amide bonds. The van der Waals surface area contributed by atoms with Gasteiger partial charge in [0.1, 0.15) is 19.3 Å². The third-order valence-corrected chi connectivity index (χ3v) is 17.5. The summed E-state index contributed by atoms with van der Waals surface area (Å²) < 4.78 is 68.0. The first-order chi connectivity index (χ1) is 41.1. The Morgan fingerprint density at radius 3 is 0.835 bits per heavy atom. The lowest BCUT2D eigenvalue weighted by atomic mass is 10.00. The molecule has 19 heteroatoms. The molecule has 0 aromatic heterocycles. The van der Waals surface area contributed by atoms with Crippen molar-refractivity contribution in [1.82, 2.24) is 0 Å². The number of phosphoric ester groups is 2. The monoisotopic (exact) mass is 1250 g/mol. The maximum atomic E-state index is 13.0. The summed E-state index contributed by atoms with van der Waals surface area (Å²) in [6.45, 7) is 7.14. The maximum absolute atomic E-state index is 13.0. The van der Waals surface area contributed by atoms with Crippen LogP contribution in [-0.4, -0.2) is 96.7 Å². The molecule has 85 heavy (non-hydrogen) atoms. The van der Waals surface area contributed by atoms with Crippen LogP contribution >= 0.6 is 15.6 Å². The second kappa shape index (κ2) is 59.7. The molecule has 0 aromatic rings. The topological polar surface area (TPSA) is 237 Å². The van der Waals surface area contributed by atoms with Crippen LogP contribution in [0.3, 0.4) is 0 Å². The summed E-state index contributed by atoms with van der Waals surface area (Å²) in [6.07, 6.45) is 44.4. The first-order valence-corrected chi connectivity index (χ1v) is 37.7. The van der Waals surface area contributed by atoms with Crippen molar-refractivity contribution in [3.63, 3.8) is 0 Å². The summed E-state index contributed by atoms with van der Waals surface area (Å²) in [5, 5.41) is 10.5. The number of aliphatic hydroxyl groups is 1. The van der Waals surface area contributed by atoms with Gasteiger partial charge in [0.05, 0.1) is 26.4 Å². The number of hydrogen-bond acceptors (Lipinski definition) is 15. The average Bonchev–Trinajstić information content (AvgIpc) is 3.56. The quantitative estimate of drug-likeness (QED) is 0.0222. The molecule has 17 nitrogen and oxygen atoms in total. The predicted octanol–water partition coefficient (Wildman–Crippen LogP) is 18.6. The Morgan fingerprint density at radius 1 is 0.329 bits per heavy atom. The molecule has 504 valence electrons. The second-order valence-electron chi connectivity index (χ2n) is 24.1. The van der Waals surface area contributed by atoms with E-state index in [-0.39, 0.29) is 25.7 Å². The number of rotatable bonds is 66. The number of unbranched alkanes of at least 4 members (excludes halogenated alkanes) is 37. The zero-order valence-corrected chi connectivity index (χ0v) is 56.5. The van der Waals surface area contributed by atoms with E-state index in [1.54, 1.807) is 0 Å². The highest BCUT2D eigenvalue weighted by atomic mass is 31.2. The van der Waals surface area contributed by atoms with E-state index in [0.717, 1.165) is 102 Å². The highest BCUT2D eigenvalue weighted by molar-refractivity contribution is 7.47. The fraction of sp³-hybridized carbons (Fsp3) is 0.939. The van der Waals surface area contributed by atoms with E-state index in [0.29, 0.717) is 25.7 Å². The standard InChI is InChI=1S/C66H128O17P2/c1-6-10-13-16-19-22-24-26-27-28-30-32-35-41-46-51-65(70)82-61(55-77-64(69)50-45-40-34-31-29-25-23-20-17-14-11-7-2)57-80-84(72,73)78-53-60(67)54-79-85(74,75)81-58-62(56-76-63(68)49-44-39-33-21-18-15-12-8-3)83-66(71)52-47-42-37-36-38-43-48-59(5)9-4/h59-62,67H,6-58H2,1-5H3,(H,72,73)(H,74,75)/t59?,60-,61-,62-/m1/s1. The van der Waals surface area contributed by atoms with Crippen molar-refractivity contribution < 1.29 is 80.2 Å². The van der Waals surface area contributed by atoms with Gasteiger partial charge in [-0.15, -0.1) is 0 Å². The van der Waals surface area contributed by atoms with Crippen LogP contribution in [0.1, 0.15) is 336 Å². The Morgan fingerprint density at radius 2 is 0.565 bits per heavy atom. The normalized spacial score (nSPS) is 14.5. The molecule has 0 saturated carbocycles. The summed E-state index contributed by atoms with van der Waals surface area (Å²) in [5.74, 6) is -1.41. The molecule has 3 unspecified atom stereocenters. The van der Waals surface area contributed by atoms with Crippen LogP contribution in [0.2, 0.25) is 0 Å². The fourth-order valence-corrected chi connectivity index (χ4v) is 11.5. The minimum absolute atomic E-state index is 0.103. The first-order valence-electron chi connectivity index (χ1n) is 34.7. The molecule has 0 aliphatic heterocycles. The van der Waals surface area contributed by atoms with Crippen LogP contribution in [0.4, 0.5) is 0 Å². The molecular formula is C66H128O17P2. The number of esters is 4. The van der Waals surface area contributed by atoms with Crippen molar-refractivity contribution in [3.05, 3.63) is 0 Å². The Balaban J connectivity index is 5.22. The molecule has 0 radical (unpaired) electrons. The number of ether oxygens (including phenoxy) is 4. The van der Waals surface area contributed by atoms with E-state index in [9.17, 15) is 43.2 Å². The van der Waals surface area contributed by atoms with Crippen LogP contribution in [0, 0.1) is 5.92 Å². The van der Waals surface area contributed by atoms with Crippen molar-refractivity contribution in [1.29, 1.82) is 0 Å². The number of carbonyl (C=O) groups excluding carboxylic acids is 4. The van der Waals surface area contributed by atoms with Crippen LogP contribution < -0.4 is 0 Å². The van der Waals surface area contributed by atoms with Gasteiger partial charge in [0.2, 0.25) is 0 Å². The highest BCUT2D eigenvalue weighted by Crippen LogP contribution is 2.45. The van der Waals surface area contributed by atoms with Gasteiger partial charge < -0.3 is 33.8 Å². The molecular weight excluding hydrogens is 1130 g/mol. The van der Waals surface area contributed by atoms with Gasteiger partial charge in [-0.2, -0.15) is 0 Å². The van der Waals surface area contributed by atoms with Crippen LogP contribution in [0.25, 0.3) is 0 Å². The molecule has 0 bridgehead atoms. The minimum Gasteiger partial charge on any atom is -0.462 e. The highest BCUT2D eigenvalue weighted by Gasteiger charge is 2.30. The Bertz CT molecular complexity index is 1650. The first kappa shape index (κ1) is 83.1. The van der Waals surface area contributed by atoms with Gasteiger partial charge in [0, 0.05) is 25.7 Å². The summed E-state index contributed by atoms with van der Waals surface area (Å²) in [4.78, 5) is 72.2. The zero-order valence-electron chi connectivity index (χ0n) is 54.7. The van der Waals surface area contributed by atoms with Gasteiger partial charge in [0.25, 0.3) is 0 Å². The Kier molecular flexibility index (Phi) is 58.3. The molecule has 0 spiro atoms. The summed E-state index contributed by atoms with van der Waals surface area (Å²) in [6, 6.07) is 0. The van der Waals surface area contributed by atoms with Gasteiger partial charge in [-0.1, -0.05) is 285 Å². The molecule has 3 N–H and O–H groups in total. The molecule has 0 aromatic carbocycles. The summed E-state index contributed by atoms with van der Waals surface area (Å²) >= 11 is 0. The van der Waals surface area contributed by atoms with E-state index in [4.69, 9.17) is 37.0 Å². The number of aliphatic hydroxyl groups excluding tert-OH is 1. The van der Waals surface area contributed by atoms with E-state index < -0.39 is 97.5 Å². The largest absolute Gasteiger partial charge is 0.472 e.